The maximum absolute atomic E-state index is 10.5. The Bertz CT molecular complexity index is 559. The van der Waals surface area contributed by atoms with Crippen LogP contribution in [0.25, 0.3) is 0 Å². The number of methoxy groups -OCH3 is 1. The van der Waals surface area contributed by atoms with Crippen molar-refractivity contribution in [3.05, 3.63) is 49.8 Å². The summed E-state index contributed by atoms with van der Waals surface area (Å²) in [5, 5.41) is 14.8. The molecule has 2 rings (SSSR count). The largest absolute Gasteiger partial charge is 0.383 e. The Morgan fingerprint density at radius 2 is 2.32 bits per heavy atom. The van der Waals surface area contributed by atoms with Gasteiger partial charge in [0.05, 0.1) is 29.5 Å². The van der Waals surface area contributed by atoms with Gasteiger partial charge in [0.2, 0.25) is 0 Å². The highest BCUT2D eigenvalue weighted by molar-refractivity contribution is 14.1. The Kier molecular flexibility index (Phi) is 5.37. The minimum Gasteiger partial charge on any atom is -0.383 e. The number of ether oxygens (including phenoxy) is 1. The topological polar surface area (TPSA) is 47.3 Å². The first kappa shape index (κ1) is 15.0. The van der Waals surface area contributed by atoms with Gasteiger partial charge in [-0.25, -0.2) is 0 Å². The molecule has 1 heterocycles. The molecule has 1 unspecified atom stereocenters. The van der Waals surface area contributed by atoms with Crippen LogP contribution < -0.4 is 0 Å². The van der Waals surface area contributed by atoms with E-state index >= 15 is 0 Å². The van der Waals surface area contributed by atoms with Crippen molar-refractivity contribution < 1.29 is 9.84 Å². The second kappa shape index (κ2) is 6.83. The van der Waals surface area contributed by atoms with Crippen LogP contribution in [0.1, 0.15) is 17.4 Å². The van der Waals surface area contributed by atoms with Gasteiger partial charge in [0.15, 0.2) is 0 Å². The summed E-state index contributed by atoms with van der Waals surface area (Å²) in [6.07, 6.45) is 0.991. The second-order valence-electron chi connectivity index (χ2n) is 4.05. The Labute approximate surface area is 134 Å². The third-order valence-electron chi connectivity index (χ3n) is 2.76. The maximum Gasteiger partial charge on any atom is 0.122 e. The average Bonchev–Trinajstić information content (AvgIpc) is 2.76. The Balaban J connectivity index is 2.32. The monoisotopic (exact) mass is 436 g/mol. The van der Waals surface area contributed by atoms with Gasteiger partial charge in [0.1, 0.15) is 6.10 Å². The molecule has 19 heavy (non-hydrogen) atoms. The van der Waals surface area contributed by atoms with Gasteiger partial charge >= 0.3 is 0 Å². The van der Waals surface area contributed by atoms with Gasteiger partial charge in [0, 0.05) is 10.7 Å². The number of aliphatic hydroxyl groups is 1. The molecule has 0 aliphatic carbocycles. The normalized spacial score (nSPS) is 12.6. The van der Waals surface area contributed by atoms with Crippen LogP contribution in [0.3, 0.4) is 0 Å². The average molecular weight is 437 g/mol. The van der Waals surface area contributed by atoms with Crippen LogP contribution in [0.2, 0.25) is 0 Å². The van der Waals surface area contributed by atoms with E-state index in [4.69, 9.17) is 4.74 Å². The zero-order valence-corrected chi connectivity index (χ0v) is 14.1. The van der Waals surface area contributed by atoms with Crippen molar-refractivity contribution in [2.45, 2.75) is 12.6 Å². The highest BCUT2D eigenvalue weighted by Gasteiger charge is 2.19. The summed E-state index contributed by atoms with van der Waals surface area (Å²) in [7, 11) is 1.65. The number of rotatable bonds is 5. The molecule has 1 aromatic carbocycles. The maximum atomic E-state index is 10.5. The fraction of sp³-hybridized carbons (Fsp3) is 0.308. The summed E-state index contributed by atoms with van der Waals surface area (Å²) < 4.78 is 8.71. The standard InChI is InChI=1S/C13H14BrIN2O2/c1-19-6-5-17-12(11(14)8-16-17)13(18)9-3-2-4-10(15)7-9/h2-4,7-8,13,18H,5-6H2,1H3. The van der Waals surface area contributed by atoms with Crippen LogP contribution in [-0.4, -0.2) is 28.6 Å². The SMILES string of the molecule is COCCn1ncc(Br)c1C(O)c1cccc(I)c1. The number of halogens is 2. The van der Waals surface area contributed by atoms with E-state index in [-0.39, 0.29) is 0 Å². The molecule has 1 N–H and O–H groups in total. The molecule has 0 amide bonds. The molecular weight excluding hydrogens is 423 g/mol. The summed E-state index contributed by atoms with van der Waals surface area (Å²) in [5.74, 6) is 0. The minimum atomic E-state index is -0.705. The lowest BCUT2D eigenvalue weighted by Gasteiger charge is -2.14. The van der Waals surface area contributed by atoms with Gasteiger partial charge in [-0.2, -0.15) is 5.10 Å². The smallest absolute Gasteiger partial charge is 0.122 e. The Morgan fingerprint density at radius 1 is 1.53 bits per heavy atom. The van der Waals surface area contributed by atoms with Crippen LogP contribution in [0, 0.1) is 3.57 Å². The van der Waals surface area contributed by atoms with E-state index in [1.54, 1.807) is 18.0 Å². The molecule has 102 valence electrons. The lowest BCUT2D eigenvalue weighted by atomic mass is 10.1. The highest BCUT2D eigenvalue weighted by atomic mass is 127. The highest BCUT2D eigenvalue weighted by Crippen LogP contribution is 2.29. The second-order valence-corrected chi connectivity index (χ2v) is 6.15. The summed E-state index contributed by atoms with van der Waals surface area (Å²) in [4.78, 5) is 0. The van der Waals surface area contributed by atoms with Crippen LogP contribution in [0.15, 0.2) is 34.9 Å². The summed E-state index contributed by atoms with van der Waals surface area (Å²) in [6, 6.07) is 7.80. The van der Waals surface area contributed by atoms with Gasteiger partial charge in [-0.15, -0.1) is 0 Å². The van der Waals surface area contributed by atoms with Crippen molar-refractivity contribution in [3.63, 3.8) is 0 Å². The predicted molar refractivity (Wildman–Crippen MR) is 85.0 cm³/mol. The van der Waals surface area contributed by atoms with Crippen molar-refractivity contribution in [1.29, 1.82) is 0 Å². The molecule has 0 aliphatic heterocycles. The zero-order valence-electron chi connectivity index (χ0n) is 10.4. The molecular formula is C13H14BrIN2O2. The molecule has 1 atom stereocenters. The molecule has 0 saturated carbocycles. The molecule has 0 saturated heterocycles. The lowest BCUT2D eigenvalue weighted by molar-refractivity contribution is 0.171. The third-order valence-corrected chi connectivity index (χ3v) is 4.05. The summed E-state index contributed by atoms with van der Waals surface area (Å²) in [5.41, 5.74) is 1.60. The van der Waals surface area contributed by atoms with Gasteiger partial charge in [0.25, 0.3) is 0 Å². The first-order valence-corrected chi connectivity index (χ1v) is 7.64. The van der Waals surface area contributed by atoms with E-state index < -0.39 is 6.10 Å². The fourth-order valence-electron chi connectivity index (χ4n) is 1.83. The lowest BCUT2D eigenvalue weighted by Crippen LogP contribution is -2.13. The van der Waals surface area contributed by atoms with Crippen molar-refractivity contribution in [2.75, 3.05) is 13.7 Å². The van der Waals surface area contributed by atoms with E-state index in [0.717, 1.165) is 19.3 Å². The van der Waals surface area contributed by atoms with Crippen LogP contribution >= 0.6 is 38.5 Å². The van der Waals surface area contributed by atoms with E-state index in [1.165, 1.54) is 0 Å². The molecule has 6 heteroatoms. The van der Waals surface area contributed by atoms with Crippen LogP contribution in [-0.2, 0) is 11.3 Å². The third kappa shape index (κ3) is 3.56. The molecule has 0 spiro atoms. The molecule has 0 fully saturated rings. The predicted octanol–water partition coefficient (Wildman–Crippen LogP) is 2.98. The number of nitrogens with zero attached hydrogens (tertiary/aromatic N) is 2. The van der Waals surface area contributed by atoms with Gasteiger partial charge in [-0.05, 0) is 56.2 Å². The van der Waals surface area contributed by atoms with Crippen molar-refractivity contribution in [3.8, 4) is 0 Å². The van der Waals surface area contributed by atoms with Gasteiger partial charge < -0.3 is 9.84 Å². The van der Waals surface area contributed by atoms with E-state index in [0.29, 0.717) is 13.2 Å². The molecule has 0 bridgehead atoms. The molecule has 4 nitrogen and oxygen atoms in total. The van der Waals surface area contributed by atoms with E-state index in [2.05, 4.69) is 43.6 Å². The Hall–Kier alpha value is -0.440. The van der Waals surface area contributed by atoms with Gasteiger partial charge in [-0.1, -0.05) is 12.1 Å². The van der Waals surface area contributed by atoms with Crippen LogP contribution in [0.4, 0.5) is 0 Å². The number of hydrogen-bond donors (Lipinski definition) is 1. The summed E-state index contributed by atoms with van der Waals surface area (Å²) in [6.45, 7) is 1.17. The fourth-order valence-corrected chi connectivity index (χ4v) is 2.91. The van der Waals surface area contributed by atoms with E-state index in [9.17, 15) is 5.11 Å². The first-order chi connectivity index (χ1) is 9.13. The quantitative estimate of drug-likeness (QED) is 0.733. The molecule has 2 aromatic rings. The molecule has 0 aliphatic rings. The molecule has 1 aromatic heterocycles. The molecule has 0 radical (unpaired) electrons. The van der Waals surface area contributed by atoms with Crippen molar-refractivity contribution in [2.24, 2.45) is 0 Å². The minimum absolute atomic E-state index is 0.556. The number of hydrogen-bond acceptors (Lipinski definition) is 3. The number of aromatic nitrogens is 2. The van der Waals surface area contributed by atoms with Gasteiger partial charge in [-0.3, -0.25) is 4.68 Å². The Morgan fingerprint density at radius 3 is 3.00 bits per heavy atom. The van der Waals surface area contributed by atoms with Crippen molar-refractivity contribution in [1.82, 2.24) is 9.78 Å². The van der Waals surface area contributed by atoms with Crippen LogP contribution in [0.5, 0.6) is 0 Å². The number of aliphatic hydroxyl groups excluding tert-OH is 1. The first-order valence-electron chi connectivity index (χ1n) is 5.77. The summed E-state index contributed by atoms with van der Waals surface area (Å²) >= 11 is 5.67. The van der Waals surface area contributed by atoms with E-state index in [1.807, 2.05) is 24.3 Å². The van der Waals surface area contributed by atoms with Crippen molar-refractivity contribution >= 4 is 38.5 Å². The zero-order chi connectivity index (χ0) is 13.8. The number of benzene rings is 1.